The maximum absolute atomic E-state index is 12.1. The second-order valence-electron chi connectivity index (χ2n) is 7.74. The van der Waals surface area contributed by atoms with Crippen molar-refractivity contribution in [3.05, 3.63) is 11.8 Å². The van der Waals surface area contributed by atoms with Gasteiger partial charge in [-0.3, -0.25) is 0 Å². The minimum Gasteiger partial charge on any atom is -0.471 e. The van der Waals surface area contributed by atoms with Crippen LogP contribution < -0.4 is 0 Å². The van der Waals surface area contributed by atoms with Gasteiger partial charge in [0.25, 0.3) is 0 Å². The largest absolute Gasteiger partial charge is 0.471 e. The number of rotatable bonds is 4. The van der Waals surface area contributed by atoms with Crippen LogP contribution in [0.5, 0.6) is 0 Å². The van der Waals surface area contributed by atoms with Gasteiger partial charge in [0.2, 0.25) is 6.29 Å². The van der Waals surface area contributed by atoms with Crippen molar-refractivity contribution in [1.29, 1.82) is 0 Å². The maximum Gasteiger partial charge on any atom is 0.339 e. The highest BCUT2D eigenvalue weighted by Gasteiger charge is 2.68. The van der Waals surface area contributed by atoms with Gasteiger partial charge in [-0.2, -0.15) is 0 Å². The van der Waals surface area contributed by atoms with Crippen molar-refractivity contribution in [3.8, 4) is 0 Å². The number of hydrogen-bond donors (Lipinski definition) is 7. The lowest BCUT2D eigenvalue weighted by atomic mass is 9.76. The summed E-state index contributed by atoms with van der Waals surface area (Å²) >= 11 is 0. The Morgan fingerprint density at radius 2 is 1.83 bits per heavy atom. The number of carbonyl (C=O) groups excluding carboxylic acids is 1. The first kappa shape index (κ1) is 22.3. The Morgan fingerprint density at radius 1 is 1.17 bits per heavy atom. The molecule has 0 amide bonds. The molecule has 0 bridgehead atoms. The summed E-state index contributed by atoms with van der Waals surface area (Å²) in [5.74, 6) is -2.41. The number of carbonyl (C=O) groups is 1. The van der Waals surface area contributed by atoms with Crippen LogP contribution >= 0.6 is 0 Å². The molecule has 2 aliphatic heterocycles. The SMILES string of the molecule is COC(=O)C1=COC(OC2OC(CO)C(O)C(O)C2O)C2[C@]1(O)C(O)C[C@]2(C)O. The summed E-state index contributed by atoms with van der Waals surface area (Å²) in [6, 6.07) is 0. The Morgan fingerprint density at radius 3 is 2.41 bits per heavy atom. The average Bonchev–Trinajstić information content (AvgIpc) is 2.86. The monoisotopic (exact) mass is 422 g/mol. The molecule has 0 aromatic carbocycles. The molecule has 8 unspecified atom stereocenters. The van der Waals surface area contributed by atoms with E-state index in [1.807, 2.05) is 0 Å². The first-order valence-electron chi connectivity index (χ1n) is 9.02. The van der Waals surface area contributed by atoms with E-state index in [4.69, 9.17) is 14.2 Å². The quantitative estimate of drug-likeness (QED) is 0.218. The van der Waals surface area contributed by atoms with Gasteiger partial charge < -0.3 is 54.7 Å². The highest BCUT2D eigenvalue weighted by Crippen LogP contribution is 2.52. The summed E-state index contributed by atoms with van der Waals surface area (Å²) in [5.41, 5.74) is -4.50. The Hall–Kier alpha value is -1.35. The van der Waals surface area contributed by atoms with E-state index >= 15 is 0 Å². The topological polar surface area (TPSA) is 196 Å². The molecule has 12 heteroatoms. The number of aliphatic hydroxyl groups is 7. The molecule has 0 spiro atoms. The molecule has 10 atom stereocenters. The van der Waals surface area contributed by atoms with Crippen molar-refractivity contribution in [2.75, 3.05) is 13.7 Å². The molecular formula is C17H26O12. The molecule has 7 N–H and O–H groups in total. The van der Waals surface area contributed by atoms with E-state index in [0.717, 1.165) is 13.4 Å². The van der Waals surface area contributed by atoms with Crippen LogP contribution in [0.2, 0.25) is 0 Å². The zero-order chi connectivity index (χ0) is 21.7. The lowest BCUT2D eigenvalue weighted by Gasteiger charge is -2.46. The molecule has 1 aliphatic carbocycles. The standard InChI is InChI=1S/C17H26O12/c1-16(24)3-8(19)17(25)6(13(23)26-2)5-27-15(12(16)17)29-14-11(22)10(21)9(20)7(4-18)28-14/h5,7-12,14-15,18-22,24-25H,3-4H2,1-2H3/t7?,8?,9?,10?,11?,12?,14?,15?,16-,17+/m0/s1. The normalized spacial score (nSPS) is 49.8. The number of esters is 1. The summed E-state index contributed by atoms with van der Waals surface area (Å²) in [7, 11) is 1.07. The van der Waals surface area contributed by atoms with E-state index in [-0.39, 0.29) is 6.42 Å². The summed E-state index contributed by atoms with van der Waals surface area (Å²) in [6.07, 6.45) is -10.6. The molecule has 29 heavy (non-hydrogen) atoms. The molecule has 0 aromatic heterocycles. The Balaban J connectivity index is 1.92. The van der Waals surface area contributed by atoms with Gasteiger partial charge in [-0.1, -0.05) is 0 Å². The predicted molar refractivity (Wildman–Crippen MR) is 89.5 cm³/mol. The van der Waals surface area contributed by atoms with E-state index in [1.54, 1.807) is 0 Å². The van der Waals surface area contributed by atoms with Crippen molar-refractivity contribution in [2.45, 2.75) is 67.6 Å². The molecule has 1 saturated heterocycles. The average molecular weight is 422 g/mol. The minimum absolute atomic E-state index is 0.333. The fraction of sp³-hybridized carbons (Fsp3) is 0.824. The highest BCUT2D eigenvalue weighted by atomic mass is 16.8. The van der Waals surface area contributed by atoms with Gasteiger partial charge in [-0.15, -0.1) is 0 Å². The maximum atomic E-state index is 12.1. The van der Waals surface area contributed by atoms with Gasteiger partial charge in [0.15, 0.2) is 6.29 Å². The Bertz CT molecular complexity index is 663. The number of aliphatic hydroxyl groups excluding tert-OH is 5. The van der Waals surface area contributed by atoms with Crippen molar-refractivity contribution in [3.63, 3.8) is 0 Å². The fourth-order valence-corrected chi connectivity index (χ4v) is 4.26. The molecule has 2 fully saturated rings. The molecule has 3 rings (SSSR count). The first-order chi connectivity index (χ1) is 13.5. The van der Waals surface area contributed by atoms with Crippen LogP contribution in [0.25, 0.3) is 0 Å². The van der Waals surface area contributed by atoms with Gasteiger partial charge in [0.1, 0.15) is 41.9 Å². The van der Waals surface area contributed by atoms with Crippen LogP contribution in [-0.4, -0.2) is 110 Å². The van der Waals surface area contributed by atoms with Gasteiger partial charge in [0.05, 0.1) is 31.3 Å². The van der Waals surface area contributed by atoms with Gasteiger partial charge in [0, 0.05) is 6.42 Å². The van der Waals surface area contributed by atoms with Crippen LogP contribution in [0.1, 0.15) is 13.3 Å². The summed E-state index contributed by atoms with van der Waals surface area (Å²) in [4.78, 5) is 12.1. The molecule has 1 saturated carbocycles. The lowest BCUT2D eigenvalue weighted by Crippen LogP contribution is -2.63. The molecule has 0 radical (unpaired) electrons. The molecule has 3 aliphatic rings. The van der Waals surface area contributed by atoms with Crippen LogP contribution in [0.3, 0.4) is 0 Å². The van der Waals surface area contributed by atoms with E-state index < -0.39 is 78.4 Å². The van der Waals surface area contributed by atoms with E-state index in [0.29, 0.717) is 0 Å². The van der Waals surface area contributed by atoms with Crippen LogP contribution in [-0.2, 0) is 23.7 Å². The smallest absolute Gasteiger partial charge is 0.339 e. The number of fused-ring (bicyclic) bond motifs is 1. The van der Waals surface area contributed by atoms with Gasteiger partial charge in [-0.25, -0.2) is 4.79 Å². The van der Waals surface area contributed by atoms with Crippen molar-refractivity contribution >= 4 is 5.97 Å². The van der Waals surface area contributed by atoms with E-state index in [2.05, 4.69) is 4.74 Å². The third-order valence-corrected chi connectivity index (χ3v) is 5.80. The van der Waals surface area contributed by atoms with E-state index in [1.165, 1.54) is 6.92 Å². The predicted octanol–water partition coefficient (Wildman–Crippen LogP) is -3.92. The van der Waals surface area contributed by atoms with Gasteiger partial charge >= 0.3 is 5.97 Å². The molecular weight excluding hydrogens is 396 g/mol. The molecule has 166 valence electrons. The molecule has 2 heterocycles. The minimum atomic E-state index is -2.30. The Labute approximate surface area is 165 Å². The summed E-state index contributed by atoms with van der Waals surface area (Å²) in [6.45, 7) is 0.610. The van der Waals surface area contributed by atoms with E-state index in [9.17, 15) is 40.5 Å². The molecule has 0 aromatic rings. The molecule has 12 nitrogen and oxygen atoms in total. The number of ether oxygens (including phenoxy) is 4. The lowest BCUT2D eigenvalue weighted by molar-refractivity contribution is -0.352. The zero-order valence-electron chi connectivity index (χ0n) is 15.8. The number of hydrogen-bond acceptors (Lipinski definition) is 12. The third kappa shape index (κ3) is 3.44. The van der Waals surface area contributed by atoms with Crippen molar-refractivity contribution in [1.82, 2.24) is 0 Å². The van der Waals surface area contributed by atoms with Gasteiger partial charge in [-0.05, 0) is 6.92 Å². The highest BCUT2D eigenvalue weighted by molar-refractivity contribution is 5.91. The number of methoxy groups -OCH3 is 1. The van der Waals surface area contributed by atoms with Crippen LogP contribution in [0.4, 0.5) is 0 Å². The summed E-state index contributed by atoms with van der Waals surface area (Å²) in [5, 5.41) is 71.5. The van der Waals surface area contributed by atoms with Crippen LogP contribution in [0, 0.1) is 5.92 Å². The Kier molecular flexibility index (Phi) is 5.95. The first-order valence-corrected chi connectivity index (χ1v) is 9.02. The second kappa shape index (κ2) is 7.72. The fourth-order valence-electron chi connectivity index (χ4n) is 4.26. The second-order valence-corrected chi connectivity index (χ2v) is 7.74. The van der Waals surface area contributed by atoms with Crippen molar-refractivity contribution in [2.24, 2.45) is 5.92 Å². The zero-order valence-corrected chi connectivity index (χ0v) is 15.8. The third-order valence-electron chi connectivity index (χ3n) is 5.80. The van der Waals surface area contributed by atoms with Crippen LogP contribution in [0.15, 0.2) is 11.8 Å². The summed E-state index contributed by atoms with van der Waals surface area (Å²) < 4.78 is 20.7. The van der Waals surface area contributed by atoms with Crippen molar-refractivity contribution < 1.29 is 59.5 Å².